The van der Waals surface area contributed by atoms with E-state index in [1.165, 1.54) is 11.1 Å². The van der Waals surface area contributed by atoms with Crippen LogP contribution in [0.4, 0.5) is 5.69 Å². The quantitative estimate of drug-likeness (QED) is 0.838. The zero-order valence-electron chi connectivity index (χ0n) is 11.9. The Kier molecular flexibility index (Phi) is 4.22. The number of aromatic nitrogens is 2. The second kappa shape index (κ2) is 5.89. The average Bonchev–Trinajstić information content (AvgIpc) is 2.76. The van der Waals surface area contributed by atoms with Crippen LogP contribution in [0.3, 0.4) is 0 Å². The number of nitrogens with zero attached hydrogens (tertiary/aromatic N) is 3. The van der Waals surface area contributed by atoms with E-state index in [9.17, 15) is 0 Å². The molecule has 0 aliphatic rings. The Bertz CT molecular complexity index is 530. The summed E-state index contributed by atoms with van der Waals surface area (Å²) in [7, 11) is 1.94. The molecular weight excluding hydrogens is 236 g/mol. The van der Waals surface area contributed by atoms with Crippen molar-refractivity contribution >= 4 is 5.69 Å². The van der Waals surface area contributed by atoms with Crippen molar-refractivity contribution in [2.24, 2.45) is 7.05 Å². The number of rotatable bonds is 5. The highest BCUT2D eigenvalue weighted by molar-refractivity contribution is 5.46. The largest absolute Gasteiger partial charge is 0.398 e. The Labute approximate surface area is 114 Å². The first-order valence-corrected chi connectivity index (χ1v) is 6.61. The van der Waals surface area contributed by atoms with Gasteiger partial charge in [-0.3, -0.25) is 9.58 Å². The van der Waals surface area contributed by atoms with Gasteiger partial charge >= 0.3 is 0 Å². The van der Waals surface area contributed by atoms with E-state index >= 15 is 0 Å². The van der Waals surface area contributed by atoms with Gasteiger partial charge in [0, 0.05) is 43.6 Å². The molecule has 0 aliphatic heterocycles. The van der Waals surface area contributed by atoms with E-state index in [4.69, 9.17) is 5.73 Å². The lowest BCUT2D eigenvalue weighted by atomic mass is 10.1. The monoisotopic (exact) mass is 258 g/mol. The van der Waals surface area contributed by atoms with Gasteiger partial charge in [0.25, 0.3) is 0 Å². The van der Waals surface area contributed by atoms with Gasteiger partial charge in [-0.15, -0.1) is 0 Å². The maximum absolute atomic E-state index is 6.02. The molecule has 0 spiro atoms. The van der Waals surface area contributed by atoms with Gasteiger partial charge in [-0.25, -0.2) is 0 Å². The number of benzene rings is 1. The topological polar surface area (TPSA) is 47.1 Å². The third kappa shape index (κ3) is 3.58. The summed E-state index contributed by atoms with van der Waals surface area (Å²) in [6.07, 6.45) is 3.98. The van der Waals surface area contributed by atoms with Crippen molar-refractivity contribution in [3.05, 3.63) is 47.8 Å². The lowest BCUT2D eigenvalue weighted by molar-refractivity contribution is 0.204. The number of anilines is 1. The fourth-order valence-electron chi connectivity index (χ4n) is 2.11. The van der Waals surface area contributed by atoms with Crippen LogP contribution in [0.15, 0.2) is 36.7 Å². The molecule has 1 aromatic carbocycles. The Morgan fingerprint density at radius 3 is 2.58 bits per heavy atom. The third-order valence-corrected chi connectivity index (χ3v) is 3.30. The Morgan fingerprint density at radius 2 is 2.00 bits per heavy atom. The van der Waals surface area contributed by atoms with Gasteiger partial charge in [0.2, 0.25) is 0 Å². The molecule has 1 aromatic heterocycles. The number of nitrogens with two attached hydrogens (primary N) is 1. The molecule has 19 heavy (non-hydrogen) atoms. The van der Waals surface area contributed by atoms with Crippen LogP contribution in [0.1, 0.15) is 25.0 Å². The van der Waals surface area contributed by atoms with Crippen molar-refractivity contribution in [2.45, 2.75) is 33.0 Å². The summed E-state index contributed by atoms with van der Waals surface area (Å²) in [6.45, 7) is 6.16. The molecule has 0 unspecified atom stereocenters. The van der Waals surface area contributed by atoms with E-state index in [-0.39, 0.29) is 0 Å². The van der Waals surface area contributed by atoms with Gasteiger partial charge in [-0.05, 0) is 25.5 Å². The summed E-state index contributed by atoms with van der Waals surface area (Å²) in [5.74, 6) is 0. The van der Waals surface area contributed by atoms with Gasteiger partial charge < -0.3 is 5.73 Å². The standard InChI is InChI=1S/C15H22N4/c1-12(2)19(10-13-8-17-18(3)9-13)11-14-6-4-5-7-15(14)16/h4-9,12H,10-11,16H2,1-3H3. The van der Waals surface area contributed by atoms with Gasteiger partial charge in [-0.1, -0.05) is 18.2 Å². The summed E-state index contributed by atoms with van der Waals surface area (Å²) in [6, 6.07) is 8.51. The molecule has 2 N–H and O–H groups in total. The molecule has 0 bridgehead atoms. The maximum Gasteiger partial charge on any atom is 0.0534 e. The molecule has 4 nitrogen and oxygen atoms in total. The van der Waals surface area contributed by atoms with Gasteiger partial charge in [0.05, 0.1) is 6.20 Å². The van der Waals surface area contributed by atoms with E-state index in [1.807, 2.05) is 36.1 Å². The summed E-state index contributed by atoms with van der Waals surface area (Å²) >= 11 is 0. The number of hydrogen-bond acceptors (Lipinski definition) is 3. The second-order valence-corrected chi connectivity index (χ2v) is 5.22. The SMILES string of the molecule is CC(C)N(Cc1cnn(C)c1)Cc1ccccc1N. The van der Waals surface area contributed by atoms with Crippen LogP contribution in [0, 0.1) is 0 Å². The molecule has 0 atom stereocenters. The van der Waals surface area contributed by atoms with Gasteiger partial charge in [-0.2, -0.15) is 5.10 Å². The highest BCUT2D eigenvalue weighted by Gasteiger charge is 2.13. The average molecular weight is 258 g/mol. The van der Waals surface area contributed by atoms with Crippen molar-refractivity contribution in [3.63, 3.8) is 0 Å². The summed E-state index contributed by atoms with van der Waals surface area (Å²) in [5, 5.41) is 4.22. The van der Waals surface area contributed by atoms with E-state index in [0.717, 1.165) is 18.8 Å². The van der Waals surface area contributed by atoms with Crippen LogP contribution in [-0.4, -0.2) is 20.7 Å². The Hall–Kier alpha value is -1.81. The summed E-state index contributed by atoms with van der Waals surface area (Å²) < 4.78 is 1.84. The molecule has 102 valence electrons. The summed E-state index contributed by atoms with van der Waals surface area (Å²) in [5.41, 5.74) is 9.29. The molecular formula is C15H22N4. The Morgan fingerprint density at radius 1 is 1.26 bits per heavy atom. The van der Waals surface area contributed by atoms with Crippen molar-refractivity contribution in [1.82, 2.24) is 14.7 Å². The predicted molar refractivity (Wildman–Crippen MR) is 78.4 cm³/mol. The third-order valence-electron chi connectivity index (χ3n) is 3.30. The first-order valence-electron chi connectivity index (χ1n) is 6.61. The van der Waals surface area contributed by atoms with Crippen LogP contribution in [0.25, 0.3) is 0 Å². The van der Waals surface area contributed by atoms with Crippen LogP contribution < -0.4 is 5.73 Å². The molecule has 2 aromatic rings. The van der Waals surface area contributed by atoms with Crippen molar-refractivity contribution in [3.8, 4) is 0 Å². The number of aryl methyl sites for hydroxylation is 1. The molecule has 0 radical (unpaired) electrons. The number of hydrogen-bond donors (Lipinski definition) is 1. The number of nitrogen functional groups attached to an aromatic ring is 1. The zero-order valence-corrected chi connectivity index (χ0v) is 11.9. The van der Waals surface area contributed by atoms with Crippen LogP contribution in [0.2, 0.25) is 0 Å². The normalized spacial score (nSPS) is 11.4. The minimum absolute atomic E-state index is 0.458. The maximum atomic E-state index is 6.02. The molecule has 0 aliphatic carbocycles. The van der Waals surface area contributed by atoms with Crippen molar-refractivity contribution < 1.29 is 0 Å². The smallest absolute Gasteiger partial charge is 0.0534 e. The zero-order chi connectivity index (χ0) is 13.8. The predicted octanol–water partition coefficient (Wildman–Crippen LogP) is 2.41. The van der Waals surface area contributed by atoms with Crippen LogP contribution in [0.5, 0.6) is 0 Å². The second-order valence-electron chi connectivity index (χ2n) is 5.22. The minimum Gasteiger partial charge on any atom is -0.398 e. The molecule has 0 saturated carbocycles. The van der Waals surface area contributed by atoms with E-state index in [0.29, 0.717) is 6.04 Å². The molecule has 0 saturated heterocycles. The lowest BCUT2D eigenvalue weighted by Crippen LogP contribution is -2.30. The van der Waals surface area contributed by atoms with Crippen molar-refractivity contribution in [2.75, 3.05) is 5.73 Å². The van der Waals surface area contributed by atoms with E-state index in [2.05, 4.69) is 36.1 Å². The van der Waals surface area contributed by atoms with Crippen molar-refractivity contribution in [1.29, 1.82) is 0 Å². The van der Waals surface area contributed by atoms with E-state index in [1.54, 1.807) is 0 Å². The molecule has 0 fully saturated rings. The highest BCUT2D eigenvalue weighted by atomic mass is 15.2. The highest BCUT2D eigenvalue weighted by Crippen LogP contribution is 2.17. The lowest BCUT2D eigenvalue weighted by Gasteiger charge is -2.26. The first-order chi connectivity index (χ1) is 9.06. The molecule has 0 amide bonds. The number of para-hydroxylation sites is 1. The summed E-state index contributed by atoms with van der Waals surface area (Å²) in [4.78, 5) is 2.39. The van der Waals surface area contributed by atoms with E-state index < -0.39 is 0 Å². The molecule has 2 rings (SSSR count). The fourth-order valence-corrected chi connectivity index (χ4v) is 2.11. The fraction of sp³-hybridized carbons (Fsp3) is 0.400. The molecule has 4 heteroatoms. The first kappa shape index (κ1) is 13.6. The minimum atomic E-state index is 0.458. The van der Waals surface area contributed by atoms with Crippen LogP contribution in [-0.2, 0) is 20.1 Å². The Balaban J connectivity index is 2.11. The van der Waals surface area contributed by atoms with Crippen LogP contribution >= 0.6 is 0 Å². The van der Waals surface area contributed by atoms with Gasteiger partial charge in [0.1, 0.15) is 0 Å². The molecule has 1 heterocycles. The van der Waals surface area contributed by atoms with Gasteiger partial charge in [0.15, 0.2) is 0 Å².